The summed E-state index contributed by atoms with van der Waals surface area (Å²) in [4.78, 5) is 12.9. The maximum Gasteiger partial charge on any atom is 0.255 e. The second-order valence-electron chi connectivity index (χ2n) is 6.25. The Balaban J connectivity index is 1.59. The summed E-state index contributed by atoms with van der Waals surface area (Å²) in [6.45, 7) is 1.03. The molecule has 27 heavy (non-hydrogen) atoms. The maximum atomic E-state index is 12.9. The number of halogens is 1. The second-order valence-corrected chi connectivity index (χ2v) is 7.10. The molecule has 0 saturated carbocycles. The Bertz CT molecular complexity index is 973. The number of carbonyl (C=O) groups is 1. The van der Waals surface area contributed by atoms with Crippen molar-refractivity contribution in [3.8, 4) is 11.5 Å². The number of carbonyl (C=O) groups excluding carboxylic acids is 1. The van der Waals surface area contributed by atoms with E-state index in [1.807, 2.05) is 48.5 Å². The number of fused-ring (bicyclic) bond motifs is 1. The first kappa shape index (κ1) is 17.6. The molecule has 0 spiro atoms. The molecule has 1 aliphatic rings. The fourth-order valence-electron chi connectivity index (χ4n) is 3.06. The molecule has 0 aliphatic carbocycles. The Morgan fingerprint density at radius 1 is 0.926 bits per heavy atom. The minimum atomic E-state index is -0.154. The van der Waals surface area contributed by atoms with E-state index in [1.165, 1.54) is 5.56 Å². The summed E-state index contributed by atoms with van der Waals surface area (Å²) in [6.07, 6.45) is 0.701. The molecule has 0 bridgehead atoms. The van der Waals surface area contributed by atoms with E-state index in [2.05, 4.69) is 33.4 Å². The fourth-order valence-corrected chi connectivity index (χ4v) is 3.48. The molecule has 3 aromatic carbocycles. The van der Waals surface area contributed by atoms with E-state index in [1.54, 1.807) is 6.07 Å². The summed E-state index contributed by atoms with van der Waals surface area (Å²) >= 11 is 3.50. The van der Waals surface area contributed by atoms with Gasteiger partial charge in [0.1, 0.15) is 13.2 Å². The smallest absolute Gasteiger partial charge is 0.255 e. The summed E-state index contributed by atoms with van der Waals surface area (Å²) in [5, 5.41) is 2.98. The molecule has 5 heteroatoms. The molecule has 4 nitrogen and oxygen atoms in total. The topological polar surface area (TPSA) is 47.6 Å². The van der Waals surface area contributed by atoms with E-state index in [4.69, 9.17) is 9.47 Å². The molecule has 1 amide bonds. The Labute approximate surface area is 166 Å². The average molecular weight is 424 g/mol. The van der Waals surface area contributed by atoms with Crippen LogP contribution in [0.1, 0.15) is 21.5 Å². The lowest BCUT2D eigenvalue weighted by molar-refractivity contribution is 0.102. The monoisotopic (exact) mass is 423 g/mol. The Kier molecular flexibility index (Phi) is 5.12. The zero-order valence-electron chi connectivity index (χ0n) is 14.6. The zero-order valence-corrected chi connectivity index (χ0v) is 16.2. The van der Waals surface area contributed by atoms with Crippen LogP contribution in [0.2, 0.25) is 0 Å². The number of ether oxygens (including phenoxy) is 2. The molecule has 0 atom stereocenters. The van der Waals surface area contributed by atoms with Crippen molar-refractivity contribution in [2.24, 2.45) is 0 Å². The van der Waals surface area contributed by atoms with E-state index in [-0.39, 0.29) is 5.91 Å². The van der Waals surface area contributed by atoms with Gasteiger partial charge in [0, 0.05) is 22.2 Å². The van der Waals surface area contributed by atoms with Gasteiger partial charge in [-0.25, -0.2) is 0 Å². The highest BCUT2D eigenvalue weighted by Crippen LogP contribution is 2.38. The second kappa shape index (κ2) is 7.84. The van der Waals surface area contributed by atoms with Crippen LogP contribution >= 0.6 is 15.9 Å². The number of benzene rings is 3. The first-order valence-electron chi connectivity index (χ1n) is 8.73. The van der Waals surface area contributed by atoms with Gasteiger partial charge in [0.05, 0.1) is 5.69 Å². The Hall–Kier alpha value is -2.79. The summed E-state index contributed by atoms with van der Waals surface area (Å²) in [6, 6.07) is 21.4. The molecule has 1 heterocycles. The molecule has 3 aromatic rings. The van der Waals surface area contributed by atoms with Crippen LogP contribution in [0.15, 0.2) is 71.2 Å². The van der Waals surface area contributed by atoms with Gasteiger partial charge in [-0.05, 0) is 39.5 Å². The molecule has 4 rings (SSSR count). The van der Waals surface area contributed by atoms with Gasteiger partial charge in [-0.2, -0.15) is 0 Å². The van der Waals surface area contributed by atoms with Gasteiger partial charge in [0.2, 0.25) is 0 Å². The van der Waals surface area contributed by atoms with Gasteiger partial charge in [0.25, 0.3) is 5.91 Å². The highest BCUT2D eigenvalue weighted by molar-refractivity contribution is 9.10. The van der Waals surface area contributed by atoms with E-state index >= 15 is 0 Å². The number of nitrogens with one attached hydrogen (secondary N) is 1. The van der Waals surface area contributed by atoms with E-state index in [0.29, 0.717) is 42.4 Å². The lowest BCUT2D eigenvalue weighted by atomic mass is 9.99. The lowest BCUT2D eigenvalue weighted by Gasteiger charge is -2.20. The summed E-state index contributed by atoms with van der Waals surface area (Å²) in [5.74, 6) is 1.16. The predicted molar refractivity (Wildman–Crippen MR) is 109 cm³/mol. The van der Waals surface area contributed by atoms with E-state index in [9.17, 15) is 4.79 Å². The van der Waals surface area contributed by atoms with Gasteiger partial charge in [-0.15, -0.1) is 0 Å². The Morgan fingerprint density at radius 3 is 2.37 bits per heavy atom. The molecular formula is C22H18BrNO3. The third-order valence-electron chi connectivity index (χ3n) is 4.38. The number of hydrogen-bond acceptors (Lipinski definition) is 3. The van der Waals surface area contributed by atoms with Crippen LogP contribution in [0.5, 0.6) is 11.5 Å². The number of hydrogen-bond donors (Lipinski definition) is 1. The van der Waals surface area contributed by atoms with Crippen LogP contribution in [0.25, 0.3) is 0 Å². The quantitative estimate of drug-likeness (QED) is 0.637. The minimum Gasteiger partial charge on any atom is -0.486 e. The summed E-state index contributed by atoms with van der Waals surface area (Å²) < 4.78 is 11.9. The van der Waals surface area contributed by atoms with Crippen LogP contribution in [-0.4, -0.2) is 19.1 Å². The number of amides is 1. The Morgan fingerprint density at radius 2 is 1.59 bits per heavy atom. The molecule has 0 radical (unpaired) electrons. The van der Waals surface area contributed by atoms with Crippen molar-refractivity contribution in [2.75, 3.05) is 18.5 Å². The van der Waals surface area contributed by atoms with Crippen molar-refractivity contribution in [3.05, 3.63) is 87.9 Å². The highest BCUT2D eigenvalue weighted by atomic mass is 79.9. The van der Waals surface area contributed by atoms with Gasteiger partial charge in [-0.1, -0.05) is 48.5 Å². The lowest BCUT2D eigenvalue weighted by Crippen LogP contribution is -2.17. The van der Waals surface area contributed by atoms with Crippen LogP contribution in [0.3, 0.4) is 0 Å². The molecule has 0 aromatic heterocycles. The van der Waals surface area contributed by atoms with Crippen molar-refractivity contribution >= 4 is 27.5 Å². The van der Waals surface area contributed by atoms with Crippen LogP contribution in [0, 0.1) is 0 Å². The summed E-state index contributed by atoms with van der Waals surface area (Å²) in [5.41, 5.74) is 3.45. The van der Waals surface area contributed by atoms with Crippen molar-refractivity contribution < 1.29 is 14.3 Å². The molecule has 1 N–H and O–H groups in total. The molecule has 0 fully saturated rings. The van der Waals surface area contributed by atoms with Gasteiger partial charge in [0.15, 0.2) is 11.5 Å². The third kappa shape index (κ3) is 3.98. The molecule has 136 valence electrons. The standard InChI is InChI=1S/C22H18BrNO3/c23-18-13-20-21(27-11-10-26-20)14-19(18)24-22(25)17-9-5-4-8-16(17)12-15-6-2-1-3-7-15/h1-9,13-14H,10-12H2,(H,24,25). The van der Waals surface area contributed by atoms with E-state index < -0.39 is 0 Å². The van der Waals surface area contributed by atoms with Crippen molar-refractivity contribution in [2.45, 2.75) is 6.42 Å². The third-order valence-corrected chi connectivity index (χ3v) is 5.04. The van der Waals surface area contributed by atoms with Gasteiger partial charge < -0.3 is 14.8 Å². The molecule has 0 saturated heterocycles. The first-order valence-corrected chi connectivity index (χ1v) is 9.52. The normalized spacial score (nSPS) is 12.5. The van der Waals surface area contributed by atoms with E-state index in [0.717, 1.165) is 10.0 Å². The first-order chi connectivity index (χ1) is 13.2. The van der Waals surface area contributed by atoms with Crippen LogP contribution in [-0.2, 0) is 6.42 Å². The van der Waals surface area contributed by atoms with Crippen molar-refractivity contribution in [3.63, 3.8) is 0 Å². The molecule has 0 unspecified atom stereocenters. The maximum absolute atomic E-state index is 12.9. The van der Waals surface area contributed by atoms with Crippen LogP contribution < -0.4 is 14.8 Å². The van der Waals surface area contributed by atoms with Crippen molar-refractivity contribution in [1.82, 2.24) is 0 Å². The minimum absolute atomic E-state index is 0.154. The van der Waals surface area contributed by atoms with Gasteiger partial charge >= 0.3 is 0 Å². The summed E-state index contributed by atoms with van der Waals surface area (Å²) in [7, 11) is 0. The van der Waals surface area contributed by atoms with Crippen LogP contribution in [0.4, 0.5) is 5.69 Å². The predicted octanol–water partition coefficient (Wildman–Crippen LogP) is 5.06. The molecular weight excluding hydrogens is 406 g/mol. The number of anilines is 1. The SMILES string of the molecule is O=C(Nc1cc2c(cc1Br)OCCO2)c1ccccc1Cc1ccccc1. The van der Waals surface area contributed by atoms with Gasteiger partial charge in [-0.3, -0.25) is 4.79 Å². The zero-order chi connectivity index (χ0) is 18.6. The molecule has 1 aliphatic heterocycles. The largest absolute Gasteiger partial charge is 0.486 e. The average Bonchev–Trinajstić information content (AvgIpc) is 2.70. The number of rotatable bonds is 4. The fraction of sp³-hybridized carbons (Fsp3) is 0.136. The van der Waals surface area contributed by atoms with Crippen molar-refractivity contribution in [1.29, 1.82) is 0 Å². The highest BCUT2D eigenvalue weighted by Gasteiger charge is 2.18.